The van der Waals surface area contributed by atoms with Crippen LogP contribution in [0.3, 0.4) is 0 Å². The molecular weight excluding hydrogens is 276 g/mol. The van der Waals surface area contributed by atoms with E-state index in [1.165, 1.54) is 25.0 Å². The number of aliphatic imine (C=N–C) groups is 1. The number of fused-ring (bicyclic) bond motifs is 3. The van der Waals surface area contributed by atoms with Crippen molar-refractivity contribution >= 4 is 5.84 Å². The fourth-order valence-corrected chi connectivity index (χ4v) is 3.77. The van der Waals surface area contributed by atoms with E-state index in [0.29, 0.717) is 36.9 Å². The molecule has 1 saturated carbocycles. The predicted molar refractivity (Wildman–Crippen MR) is 88.1 cm³/mol. The van der Waals surface area contributed by atoms with Crippen molar-refractivity contribution in [2.45, 2.75) is 71.6 Å². The zero-order valence-electron chi connectivity index (χ0n) is 14.0. The van der Waals surface area contributed by atoms with E-state index in [1.807, 2.05) is 6.92 Å². The second-order valence-electron chi connectivity index (χ2n) is 6.88. The highest BCUT2D eigenvalue weighted by atomic mass is 16.5. The Morgan fingerprint density at radius 1 is 1.32 bits per heavy atom. The van der Waals surface area contributed by atoms with E-state index in [4.69, 9.17) is 20.4 Å². The first-order valence-corrected chi connectivity index (χ1v) is 8.62. The van der Waals surface area contributed by atoms with Gasteiger partial charge in [-0.15, -0.1) is 0 Å². The monoisotopic (exact) mass is 304 g/mol. The predicted octanol–water partition coefficient (Wildman–Crippen LogP) is 2.82. The Balaban J connectivity index is 2.04. The molecule has 1 aliphatic heterocycles. The molecule has 0 amide bonds. The van der Waals surface area contributed by atoms with Gasteiger partial charge in [-0.05, 0) is 25.7 Å². The lowest BCUT2D eigenvalue weighted by Crippen LogP contribution is -2.34. The highest BCUT2D eigenvalue weighted by Crippen LogP contribution is 2.40. The Bertz CT molecular complexity index is 561. The van der Waals surface area contributed by atoms with Gasteiger partial charge in [0.1, 0.15) is 24.0 Å². The summed E-state index contributed by atoms with van der Waals surface area (Å²) in [5.41, 5.74) is 8.46. The maximum atomic E-state index is 6.23. The summed E-state index contributed by atoms with van der Waals surface area (Å²) in [7, 11) is 0. The summed E-state index contributed by atoms with van der Waals surface area (Å²) < 4.78 is 8.00. The van der Waals surface area contributed by atoms with Crippen LogP contribution in [0.5, 0.6) is 0 Å². The van der Waals surface area contributed by atoms with E-state index in [-0.39, 0.29) is 0 Å². The molecule has 1 aromatic heterocycles. The Morgan fingerprint density at radius 3 is 2.82 bits per heavy atom. The molecule has 0 bridgehead atoms. The summed E-state index contributed by atoms with van der Waals surface area (Å²) in [6.07, 6.45) is 4.89. The van der Waals surface area contributed by atoms with Crippen molar-refractivity contribution in [1.82, 2.24) is 9.55 Å². The molecule has 0 spiro atoms. The van der Waals surface area contributed by atoms with Gasteiger partial charge in [0.25, 0.3) is 0 Å². The molecule has 2 aliphatic rings. The molecule has 2 heterocycles. The van der Waals surface area contributed by atoms with Crippen molar-refractivity contribution < 1.29 is 4.74 Å². The van der Waals surface area contributed by atoms with Crippen LogP contribution in [0, 0.1) is 5.92 Å². The first-order valence-electron chi connectivity index (χ1n) is 8.62. The van der Waals surface area contributed by atoms with Crippen LogP contribution in [-0.4, -0.2) is 28.0 Å². The molecule has 1 aromatic rings. The second kappa shape index (κ2) is 6.41. The van der Waals surface area contributed by atoms with E-state index >= 15 is 0 Å². The minimum atomic E-state index is 0.351. The largest absolute Gasteiger partial charge is 0.382 e. The quantitative estimate of drug-likeness (QED) is 0.909. The Morgan fingerprint density at radius 2 is 2.09 bits per heavy atom. The number of rotatable bonds is 5. The van der Waals surface area contributed by atoms with E-state index < -0.39 is 0 Å². The molecule has 0 saturated heterocycles. The molecule has 5 heteroatoms. The van der Waals surface area contributed by atoms with Gasteiger partial charge >= 0.3 is 0 Å². The molecule has 2 atom stereocenters. The standard InChI is InChI=1S/C17H28N4O/c1-4-22-10-14-20-15-16(21(14)9-11(2)3)12-7-5-6-8-13(12)19-17(15)18/h11-13H,4-10H2,1-3H3,(H2,18,19). The molecule has 1 fully saturated rings. The van der Waals surface area contributed by atoms with Crippen molar-refractivity contribution in [3.05, 3.63) is 17.2 Å². The van der Waals surface area contributed by atoms with Crippen molar-refractivity contribution in [3.63, 3.8) is 0 Å². The van der Waals surface area contributed by atoms with Crippen molar-refractivity contribution in [2.75, 3.05) is 6.61 Å². The summed E-state index contributed by atoms with van der Waals surface area (Å²) in [6.45, 7) is 8.74. The maximum absolute atomic E-state index is 6.23. The molecular formula is C17H28N4O. The van der Waals surface area contributed by atoms with Gasteiger partial charge in [-0.25, -0.2) is 4.98 Å². The van der Waals surface area contributed by atoms with E-state index in [1.54, 1.807) is 0 Å². The maximum Gasteiger partial charge on any atom is 0.146 e. The number of amidine groups is 1. The Labute approximate surface area is 133 Å². The number of hydrogen-bond acceptors (Lipinski definition) is 4. The normalized spacial score (nSPS) is 24.1. The number of ether oxygens (including phenoxy) is 1. The van der Waals surface area contributed by atoms with Crippen molar-refractivity contribution in [2.24, 2.45) is 16.6 Å². The number of aromatic nitrogens is 2. The fourth-order valence-electron chi connectivity index (χ4n) is 3.77. The van der Waals surface area contributed by atoms with Crippen LogP contribution in [0.25, 0.3) is 0 Å². The molecule has 5 nitrogen and oxygen atoms in total. The summed E-state index contributed by atoms with van der Waals surface area (Å²) in [5.74, 6) is 2.68. The first kappa shape index (κ1) is 15.5. The van der Waals surface area contributed by atoms with Gasteiger partial charge < -0.3 is 15.0 Å². The zero-order valence-corrected chi connectivity index (χ0v) is 14.0. The third kappa shape index (κ3) is 2.78. The van der Waals surface area contributed by atoms with E-state index in [2.05, 4.69) is 18.4 Å². The van der Waals surface area contributed by atoms with Crippen LogP contribution in [-0.2, 0) is 17.9 Å². The number of imidazole rings is 1. The van der Waals surface area contributed by atoms with Crippen LogP contribution >= 0.6 is 0 Å². The molecule has 0 aromatic carbocycles. The van der Waals surface area contributed by atoms with Gasteiger partial charge in [-0.3, -0.25) is 4.99 Å². The molecule has 2 N–H and O–H groups in total. The Hall–Kier alpha value is -1.36. The van der Waals surface area contributed by atoms with Gasteiger partial charge in [-0.2, -0.15) is 0 Å². The molecule has 3 rings (SSSR count). The van der Waals surface area contributed by atoms with Crippen LogP contribution in [0.15, 0.2) is 4.99 Å². The highest BCUT2D eigenvalue weighted by molar-refractivity contribution is 5.98. The summed E-state index contributed by atoms with van der Waals surface area (Å²) in [5, 5.41) is 0. The minimum Gasteiger partial charge on any atom is -0.382 e. The number of nitrogens with two attached hydrogens (primary N) is 1. The second-order valence-corrected chi connectivity index (χ2v) is 6.88. The van der Waals surface area contributed by atoms with E-state index in [0.717, 1.165) is 24.5 Å². The lowest BCUT2D eigenvalue weighted by Gasteiger charge is -2.33. The van der Waals surface area contributed by atoms with Crippen molar-refractivity contribution in [3.8, 4) is 0 Å². The summed E-state index contributed by atoms with van der Waals surface area (Å²) in [6, 6.07) is 0.351. The molecule has 22 heavy (non-hydrogen) atoms. The van der Waals surface area contributed by atoms with Crippen LogP contribution in [0.1, 0.15) is 69.6 Å². The molecule has 122 valence electrons. The SMILES string of the molecule is CCOCc1nc2c(n1CC(C)C)C1CCCCC1N=C2N. The third-order valence-electron chi connectivity index (χ3n) is 4.70. The molecule has 2 unspecified atom stereocenters. The van der Waals surface area contributed by atoms with Gasteiger partial charge in [0.2, 0.25) is 0 Å². The number of hydrogen-bond donors (Lipinski definition) is 1. The zero-order chi connectivity index (χ0) is 15.7. The smallest absolute Gasteiger partial charge is 0.146 e. The minimum absolute atomic E-state index is 0.351. The topological polar surface area (TPSA) is 65.4 Å². The average Bonchev–Trinajstić information content (AvgIpc) is 2.84. The first-order chi connectivity index (χ1) is 10.6. The average molecular weight is 304 g/mol. The van der Waals surface area contributed by atoms with Gasteiger partial charge in [-0.1, -0.05) is 26.7 Å². The van der Waals surface area contributed by atoms with Crippen LogP contribution in [0.4, 0.5) is 0 Å². The van der Waals surface area contributed by atoms with Gasteiger partial charge in [0.15, 0.2) is 0 Å². The third-order valence-corrected chi connectivity index (χ3v) is 4.70. The lowest BCUT2D eigenvalue weighted by atomic mass is 9.80. The molecule has 1 aliphatic carbocycles. The van der Waals surface area contributed by atoms with Crippen LogP contribution in [0.2, 0.25) is 0 Å². The lowest BCUT2D eigenvalue weighted by molar-refractivity contribution is 0.124. The van der Waals surface area contributed by atoms with Gasteiger partial charge in [0, 0.05) is 19.1 Å². The Kier molecular flexibility index (Phi) is 4.52. The van der Waals surface area contributed by atoms with Crippen LogP contribution < -0.4 is 5.73 Å². The summed E-state index contributed by atoms with van der Waals surface area (Å²) in [4.78, 5) is 9.53. The van der Waals surface area contributed by atoms with E-state index in [9.17, 15) is 0 Å². The summed E-state index contributed by atoms with van der Waals surface area (Å²) >= 11 is 0. The number of nitrogens with zero attached hydrogens (tertiary/aromatic N) is 3. The highest BCUT2D eigenvalue weighted by Gasteiger charge is 2.37. The molecule has 0 radical (unpaired) electrons. The van der Waals surface area contributed by atoms with Gasteiger partial charge in [0.05, 0.1) is 11.7 Å². The fraction of sp³-hybridized carbons (Fsp3) is 0.765. The van der Waals surface area contributed by atoms with Crippen molar-refractivity contribution in [1.29, 1.82) is 0 Å².